The minimum Gasteiger partial charge on any atom is -0.342 e. The molecule has 2 saturated heterocycles. The minimum atomic E-state index is -0.248. The van der Waals surface area contributed by atoms with Gasteiger partial charge >= 0.3 is 0 Å². The van der Waals surface area contributed by atoms with E-state index in [2.05, 4.69) is 15.0 Å². The summed E-state index contributed by atoms with van der Waals surface area (Å²) in [5.74, 6) is 1.74. The number of rotatable bonds is 6. The second-order valence-corrected chi connectivity index (χ2v) is 7.54. The summed E-state index contributed by atoms with van der Waals surface area (Å²) < 4.78 is 19.1. The number of halogens is 1. The summed E-state index contributed by atoms with van der Waals surface area (Å²) >= 11 is 0. The topological polar surface area (TPSA) is 62.5 Å². The molecule has 0 unspecified atom stereocenters. The Kier molecular flexibility index (Phi) is 5.48. The molecule has 0 aliphatic carbocycles. The number of hydrogen-bond acceptors (Lipinski definition) is 5. The summed E-state index contributed by atoms with van der Waals surface area (Å²) in [6.45, 7) is 4.39. The Hall–Kier alpha value is -2.28. The van der Waals surface area contributed by atoms with E-state index in [0.717, 1.165) is 45.4 Å². The molecule has 2 aromatic rings. The number of carbonyl (C=O) groups is 1. The SMILES string of the molecule is O=C1CCCN1CC1CCN(Cc2nc(Cc3ccccc3F)no2)CC1. The lowest BCUT2D eigenvalue weighted by Crippen LogP contribution is -2.38. The number of hydrogen-bond donors (Lipinski definition) is 0. The Balaban J connectivity index is 1.25. The van der Waals surface area contributed by atoms with Gasteiger partial charge in [0.25, 0.3) is 0 Å². The van der Waals surface area contributed by atoms with Gasteiger partial charge in [-0.3, -0.25) is 9.69 Å². The first-order valence-electron chi connectivity index (χ1n) is 9.72. The summed E-state index contributed by atoms with van der Waals surface area (Å²) in [6.07, 6.45) is 4.22. The van der Waals surface area contributed by atoms with E-state index in [9.17, 15) is 9.18 Å². The van der Waals surface area contributed by atoms with Crippen molar-refractivity contribution in [3.63, 3.8) is 0 Å². The average Bonchev–Trinajstić information content (AvgIpc) is 3.28. The van der Waals surface area contributed by atoms with Crippen LogP contribution in [0.5, 0.6) is 0 Å². The molecule has 1 amide bonds. The van der Waals surface area contributed by atoms with E-state index in [1.54, 1.807) is 18.2 Å². The zero-order valence-corrected chi connectivity index (χ0v) is 15.4. The van der Waals surface area contributed by atoms with Gasteiger partial charge in [-0.05, 0) is 49.9 Å². The van der Waals surface area contributed by atoms with E-state index < -0.39 is 0 Å². The minimum absolute atomic E-state index is 0.248. The Morgan fingerprint density at radius 1 is 1.19 bits per heavy atom. The van der Waals surface area contributed by atoms with Gasteiger partial charge in [-0.25, -0.2) is 4.39 Å². The van der Waals surface area contributed by atoms with Crippen molar-refractivity contribution in [2.45, 2.75) is 38.6 Å². The van der Waals surface area contributed by atoms with E-state index >= 15 is 0 Å². The molecule has 0 N–H and O–H groups in total. The van der Waals surface area contributed by atoms with Crippen LogP contribution in [0.1, 0.15) is 43.0 Å². The fourth-order valence-corrected chi connectivity index (χ4v) is 3.97. The largest absolute Gasteiger partial charge is 0.342 e. The van der Waals surface area contributed by atoms with Crippen LogP contribution >= 0.6 is 0 Å². The maximum atomic E-state index is 13.7. The molecule has 27 heavy (non-hydrogen) atoms. The summed E-state index contributed by atoms with van der Waals surface area (Å²) in [4.78, 5) is 20.5. The molecular formula is C20H25FN4O2. The fourth-order valence-electron chi connectivity index (χ4n) is 3.97. The molecule has 2 fully saturated rings. The molecule has 7 heteroatoms. The number of benzene rings is 1. The van der Waals surface area contributed by atoms with Gasteiger partial charge < -0.3 is 9.42 Å². The van der Waals surface area contributed by atoms with Crippen LogP contribution in [0.4, 0.5) is 4.39 Å². The van der Waals surface area contributed by atoms with E-state index in [4.69, 9.17) is 4.52 Å². The highest BCUT2D eigenvalue weighted by molar-refractivity contribution is 5.78. The van der Waals surface area contributed by atoms with Crippen LogP contribution < -0.4 is 0 Å². The molecule has 0 spiro atoms. The van der Waals surface area contributed by atoms with Crippen molar-refractivity contribution in [1.82, 2.24) is 19.9 Å². The molecule has 1 aromatic heterocycles. The second kappa shape index (κ2) is 8.17. The van der Waals surface area contributed by atoms with Crippen molar-refractivity contribution in [2.75, 3.05) is 26.2 Å². The van der Waals surface area contributed by atoms with Crippen LogP contribution in [0.2, 0.25) is 0 Å². The first kappa shape index (κ1) is 18.1. The molecule has 3 heterocycles. The third-order valence-electron chi connectivity index (χ3n) is 5.53. The smallest absolute Gasteiger partial charge is 0.240 e. The highest BCUT2D eigenvalue weighted by Gasteiger charge is 2.26. The van der Waals surface area contributed by atoms with Gasteiger partial charge in [-0.2, -0.15) is 4.98 Å². The van der Waals surface area contributed by atoms with Gasteiger partial charge in [0.2, 0.25) is 11.8 Å². The van der Waals surface area contributed by atoms with Gasteiger partial charge in [-0.1, -0.05) is 23.4 Å². The highest BCUT2D eigenvalue weighted by atomic mass is 19.1. The van der Waals surface area contributed by atoms with Crippen molar-refractivity contribution in [3.8, 4) is 0 Å². The molecule has 2 aliphatic rings. The molecule has 144 valence electrons. The predicted octanol–water partition coefficient (Wildman–Crippen LogP) is 2.63. The molecule has 4 rings (SSSR count). The number of aromatic nitrogens is 2. The standard InChI is InChI=1S/C20H25FN4O2/c21-17-5-2-1-4-16(17)12-18-22-19(27-23-18)14-24-10-7-15(8-11-24)13-25-9-3-6-20(25)26/h1-2,4-5,15H,3,6-14H2. The number of amides is 1. The van der Waals surface area contributed by atoms with Crippen molar-refractivity contribution >= 4 is 5.91 Å². The highest BCUT2D eigenvalue weighted by Crippen LogP contribution is 2.22. The quantitative estimate of drug-likeness (QED) is 0.780. The zero-order valence-electron chi connectivity index (χ0n) is 15.4. The maximum Gasteiger partial charge on any atom is 0.240 e. The maximum absolute atomic E-state index is 13.7. The molecular weight excluding hydrogens is 347 g/mol. The van der Waals surface area contributed by atoms with Crippen LogP contribution in [0.25, 0.3) is 0 Å². The van der Waals surface area contributed by atoms with E-state index in [1.807, 2.05) is 4.90 Å². The van der Waals surface area contributed by atoms with Gasteiger partial charge in [0.05, 0.1) is 6.54 Å². The van der Waals surface area contributed by atoms with Crippen LogP contribution in [0.15, 0.2) is 28.8 Å². The van der Waals surface area contributed by atoms with Gasteiger partial charge in [0.1, 0.15) is 5.82 Å². The first-order chi connectivity index (χ1) is 13.2. The molecule has 0 atom stereocenters. The lowest BCUT2D eigenvalue weighted by molar-refractivity contribution is -0.128. The zero-order chi connectivity index (χ0) is 18.6. The molecule has 0 radical (unpaired) electrons. The molecule has 6 nitrogen and oxygen atoms in total. The monoisotopic (exact) mass is 372 g/mol. The van der Waals surface area contributed by atoms with Crippen LogP contribution in [0.3, 0.4) is 0 Å². The van der Waals surface area contributed by atoms with Gasteiger partial charge in [0, 0.05) is 25.9 Å². The number of likely N-dealkylation sites (tertiary alicyclic amines) is 2. The summed E-state index contributed by atoms with van der Waals surface area (Å²) in [6, 6.07) is 6.65. The molecule has 0 saturated carbocycles. The Bertz CT molecular complexity index is 786. The van der Waals surface area contributed by atoms with E-state index in [0.29, 0.717) is 48.5 Å². The Labute approximate surface area is 158 Å². The number of nitrogens with zero attached hydrogens (tertiary/aromatic N) is 4. The van der Waals surface area contributed by atoms with E-state index in [1.165, 1.54) is 6.07 Å². The second-order valence-electron chi connectivity index (χ2n) is 7.54. The van der Waals surface area contributed by atoms with Crippen molar-refractivity contribution in [2.24, 2.45) is 5.92 Å². The van der Waals surface area contributed by atoms with Crippen molar-refractivity contribution < 1.29 is 13.7 Å². The molecule has 1 aromatic carbocycles. The average molecular weight is 372 g/mol. The normalized spacial score (nSPS) is 19.1. The van der Waals surface area contributed by atoms with E-state index in [-0.39, 0.29) is 5.82 Å². The fraction of sp³-hybridized carbons (Fsp3) is 0.550. The van der Waals surface area contributed by atoms with Gasteiger partial charge in [0.15, 0.2) is 5.82 Å². The van der Waals surface area contributed by atoms with Crippen molar-refractivity contribution in [3.05, 3.63) is 47.4 Å². The number of piperidine rings is 1. The van der Waals surface area contributed by atoms with Crippen molar-refractivity contribution in [1.29, 1.82) is 0 Å². The molecule has 0 bridgehead atoms. The summed E-state index contributed by atoms with van der Waals surface area (Å²) in [5.41, 5.74) is 0.571. The Morgan fingerprint density at radius 2 is 2.00 bits per heavy atom. The third-order valence-corrected chi connectivity index (χ3v) is 5.53. The third kappa shape index (κ3) is 4.53. The van der Waals surface area contributed by atoms with Gasteiger partial charge in [-0.15, -0.1) is 0 Å². The predicted molar refractivity (Wildman–Crippen MR) is 97.3 cm³/mol. The Morgan fingerprint density at radius 3 is 2.74 bits per heavy atom. The molecule has 2 aliphatic heterocycles. The lowest BCUT2D eigenvalue weighted by atomic mass is 9.96. The van der Waals surface area contributed by atoms with Crippen LogP contribution in [-0.2, 0) is 17.8 Å². The lowest BCUT2D eigenvalue weighted by Gasteiger charge is -2.33. The first-order valence-corrected chi connectivity index (χ1v) is 9.72. The van der Waals surface area contributed by atoms with Crippen LogP contribution in [0, 0.1) is 11.7 Å². The summed E-state index contributed by atoms with van der Waals surface area (Å²) in [7, 11) is 0. The summed E-state index contributed by atoms with van der Waals surface area (Å²) in [5, 5.41) is 3.99. The van der Waals surface area contributed by atoms with Crippen LogP contribution in [-0.4, -0.2) is 52.0 Å². The number of carbonyl (C=O) groups excluding carboxylic acids is 1.